The van der Waals surface area contributed by atoms with Gasteiger partial charge in [-0.25, -0.2) is 4.79 Å². The second kappa shape index (κ2) is 19.7. The first-order valence-corrected chi connectivity index (χ1v) is 19.3. The number of benzene rings is 1. The molecular weight excluding hydrogens is 694 g/mol. The number of likely N-dealkylation sites (tertiary alicyclic amines) is 1. The third kappa shape index (κ3) is 10.5. The van der Waals surface area contributed by atoms with Crippen LogP contribution in [0.1, 0.15) is 79.7 Å². The van der Waals surface area contributed by atoms with E-state index in [1.807, 2.05) is 58.0 Å². The van der Waals surface area contributed by atoms with Crippen LogP contribution in [-0.4, -0.2) is 139 Å². The normalized spacial score (nSPS) is 22.1. The van der Waals surface area contributed by atoms with Gasteiger partial charge in [0.25, 0.3) is 0 Å². The van der Waals surface area contributed by atoms with E-state index in [9.17, 15) is 29.1 Å². The van der Waals surface area contributed by atoms with Crippen molar-refractivity contribution in [2.75, 3.05) is 41.5 Å². The number of amides is 5. The molecule has 1 aromatic rings. The molecule has 2 aliphatic heterocycles. The van der Waals surface area contributed by atoms with Crippen LogP contribution < -0.4 is 10.6 Å². The minimum Gasteiger partial charge on any atom is -0.441 e. The number of rotatable bonds is 19. The Kier molecular flexibility index (Phi) is 16.3. The summed E-state index contributed by atoms with van der Waals surface area (Å²) >= 11 is 0. The van der Waals surface area contributed by atoms with Crippen molar-refractivity contribution in [1.82, 2.24) is 25.3 Å². The summed E-state index contributed by atoms with van der Waals surface area (Å²) in [5.41, 5.74) is -0.0943. The van der Waals surface area contributed by atoms with Crippen molar-refractivity contribution in [3.63, 3.8) is 0 Å². The Balaban J connectivity index is 1.76. The minimum atomic E-state index is -1.09. The Morgan fingerprint density at radius 3 is 2.22 bits per heavy atom. The van der Waals surface area contributed by atoms with Gasteiger partial charge in [-0.15, -0.1) is 0 Å². The number of hydrogen-bond acceptors (Lipinski definition) is 9. The van der Waals surface area contributed by atoms with Crippen molar-refractivity contribution in [2.45, 2.75) is 129 Å². The van der Waals surface area contributed by atoms with Crippen LogP contribution in [0.2, 0.25) is 0 Å². The lowest BCUT2D eigenvalue weighted by molar-refractivity contribution is -0.148. The van der Waals surface area contributed by atoms with Gasteiger partial charge in [0.05, 0.1) is 49.3 Å². The monoisotopic (exact) mass is 759 g/mol. The zero-order chi connectivity index (χ0) is 40.5. The Hall–Kier alpha value is -3.75. The molecule has 0 aliphatic carbocycles. The lowest BCUT2D eigenvalue weighted by Gasteiger charge is -2.41. The molecule has 0 bridgehead atoms. The van der Waals surface area contributed by atoms with E-state index in [0.29, 0.717) is 25.8 Å². The molecule has 2 fully saturated rings. The number of nitrogens with one attached hydrogen (secondary N) is 2. The summed E-state index contributed by atoms with van der Waals surface area (Å²) in [5.74, 6) is -2.26. The van der Waals surface area contributed by atoms with Crippen LogP contribution in [0.15, 0.2) is 30.3 Å². The standard InChI is InChI=1S/C40H65N5O9/c1-12-25(4)33(43(8)38(50)32(24(2)3)42-37(49)35-40(6,7)54-39(51)44(35)9)30(52-10)22-31(47)45-20-16-19-29(45)34(53-11)26(5)36(48)41-28(23-46)21-27-17-14-13-15-18-27/h13-15,17-18,24-26,28-30,32-35,46H,12,16,19-23H2,1-11H3,(H,41,48)(H,42,49)/t25-,26+,28-,29-,30+,32-,33-,34+,35+/m0/s1. The minimum absolute atomic E-state index is 0.0144. The van der Waals surface area contributed by atoms with Crippen LogP contribution in [0, 0.1) is 17.8 Å². The van der Waals surface area contributed by atoms with Crippen molar-refractivity contribution in [1.29, 1.82) is 0 Å². The summed E-state index contributed by atoms with van der Waals surface area (Å²) in [7, 11) is 6.24. The average molecular weight is 760 g/mol. The van der Waals surface area contributed by atoms with Crippen molar-refractivity contribution in [2.24, 2.45) is 17.8 Å². The molecule has 9 atom stereocenters. The Morgan fingerprint density at radius 2 is 1.70 bits per heavy atom. The van der Waals surface area contributed by atoms with Gasteiger partial charge in [-0.05, 0) is 50.5 Å². The highest BCUT2D eigenvalue weighted by Crippen LogP contribution is 2.31. The maximum Gasteiger partial charge on any atom is 0.410 e. The number of methoxy groups -OCH3 is 2. The van der Waals surface area contributed by atoms with E-state index in [2.05, 4.69) is 10.6 Å². The number of cyclic esters (lactones) is 1. The summed E-state index contributed by atoms with van der Waals surface area (Å²) in [6.07, 6.45) is 0.661. The molecule has 2 aliphatic rings. The number of carbonyl (C=O) groups is 5. The topological polar surface area (TPSA) is 167 Å². The molecule has 5 amide bonds. The third-order valence-corrected chi connectivity index (χ3v) is 11.3. The Morgan fingerprint density at radius 1 is 1.06 bits per heavy atom. The fourth-order valence-corrected chi connectivity index (χ4v) is 8.08. The number of carbonyl (C=O) groups excluding carboxylic acids is 5. The number of aliphatic hydroxyl groups excluding tert-OH is 1. The smallest absolute Gasteiger partial charge is 0.410 e. The van der Waals surface area contributed by atoms with Crippen molar-refractivity contribution in [3.05, 3.63) is 35.9 Å². The van der Waals surface area contributed by atoms with E-state index in [4.69, 9.17) is 14.2 Å². The lowest BCUT2D eigenvalue weighted by atomic mass is 9.89. The molecule has 54 heavy (non-hydrogen) atoms. The van der Waals surface area contributed by atoms with Crippen LogP contribution >= 0.6 is 0 Å². The highest BCUT2D eigenvalue weighted by Gasteiger charge is 2.51. The molecule has 14 nitrogen and oxygen atoms in total. The molecule has 1 aromatic carbocycles. The van der Waals surface area contributed by atoms with E-state index >= 15 is 0 Å². The summed E-state index contributed by atoms with van der Waals surface area (Å²) in [6, 6.07) is 6.43. The molecular formula is C40H65N5O9. The molecule has 0 aromatic heterocycles. The van der Waals surface area contributed by atoms with Crippen LogP contribution in [0.3, 0.4) is 0 Å². The maximum atomic E-state index is 14.3. The number of hydrogen-bond donors (Lipinski definition) is 3. The number of likely N-dealkylation sites (N-methyl/N-ethyl adjacent to an activating group) is 2. The van der Waals surface area contributed by atoms with Gasteiger partial charge in [0.2, 0.25) is 23.6 Å². The first-order chi connectivity index (χ1) is 25.4. The predicted octanol–water partition coefficient (Wildman–Crippen LogP) is 3.00. The molecule has 0 saturated carbocycles. The SMILES string of the molecule is CC[C@H](C)[C@@H]([C@@H](CC(=O)N1CCC[C@H]1[C@H](OC)[C@@H](C)C(=O)N[C@H](CO)Cc1ccccc1)OC)N(C)C(=O)[C@@H](NC(=O)[C@H]1N(C)C(=O)OC1(C)C)C(C)C. The van der Waals surface area contributed by atoms with Gasteiger partial charge in [0.1, 0.15) is 11.6 Å². The van der Waals surface area contributed by atoms with Crippen LogP contribution in [0.25, 0.3) is 0 Å². The van der Waals surface area contributed by atoms with Gasteiger partial charge in [-0.3, -0.25) is 24.1 Å². The van der Waals surface area contributed by atoms with Crippen molar-refractivity contribution >= 4 is 29.7 Å². The Bertz CT molecular complexity index is 1430. The van der Waals surface area contributed by atoms with Crippen LogP contribution in [0.5, 0.6) is 0 Å². The van der Waals surface area contributed by atoms with E-state index in [-0.39, 0.29) is 48.6 Å². The third-order valence-electron chi connectivity index (χ3n) is 11.3. The molecule has 2 saturated heterocycles. The summed E-state index contributed by atoms with van der Waals surface area (Å²) in [5, 5.41) is 15.9. The zero-order valence-electron chi connectivity index (χ0n) is 34.2. The van der Waals surface area contributed by atoms with Crippen molar-refractivity contribution < 1.29 is 43.3 Å². The molecule has 2 heterocycles. The van der Waals surface area contributed by atoms with Crippen LogP contribution in [-0.2, 0) is 39.8 Å². The second-order valence-corrected chi connectivity index (χ2v) is 15.9. The molecule has 0 unspecified atom stereocenters. The molecule has 0 radical (unpaired) electrons. The highest BCUT2D eigenvalue weighted by molar-refractivity contribution is 5.93. The highest BCUT2D eigenvalue weighted by atomic mass is 16.6. The zero-order valence-corrected chi connectivity index (χ0v) is 34.2. The summed E-state index contributed by atoms with van der Waals surface area (Å²) < 4.78 is 17.3. The van der Waals surface area contributed by atoms with E-state index < -0.39 is 59.9 Å². The van der Waals surface area contributed by atoms with Gasteiger partial charge in [-0.1, -0.05) is 71.4 Å². The van der Waals surface area contributed by atoms with Gasteiger partial charge in [0.15, 0.2) is 6.04 Å². The summed E-state index contributed by atoms with van der Waals surface area (Å²) in [6.45, 7) is 13.1. The number of aliphatic hydroxyl groups is 1. The fraction of sp³-hybridized carbons (Fsp3) is 0.725. The molecule has 0 spiro atoms. The fourth-order valence-electron chi connectivity index (χ4n) is 8.08. The molecule has 304 valence electrons. The molecule has 14 heteroatoms. The largest absolute Gasteiger partial charge is 0.441 e. The van der Waals surface area contributed by atoms with E-state index in [1.165, 1.54) is 19.1 Å². The maximum absolute atomic E-state index is 14.3. The van der Waals surface area contributed by atoms with Gasteiger partial charge in [0, 0.05) is 34.9 Å². The predicted molar refractivity (Wildman–Crippen MR) is 204 cm³/mol. The van der Waals surface area contributed by atoms with Gasteiger partial charge >= 0.3 is 6.09 Å². The van der Waals surface area contributed by atoms with E-state index in [0.717, 1.165) is 12.0 Å². The Labute approximate surface area is 321 Å². The number of ether oxygens (including phenoxy) is 3. The van der Waals surface area contributed by atoms with Gasteiger partial charge in [-0.2, -0.15) is 0 Å². The average Bonchev–Trinajstić information content (AvgIpc) is 3.70. The van der Waals surface area contributed by atoms with Crippen LogP contribution in [0.4, 0.5) is 4.79 Å². The van der Waals surface area contributed by atoms with Gasteiger partial charge < -0.3 is 39.8 Å². The van der Waals surface area contributed by atoms with E-state index in [1.54, 1.807) is 44.7 Å². The first kappa shape index (κ1) is 44.6. The van der Waals surface area contributed by atoms with Crippen molar-refractivity contribution in [3.8, 4) is 0 Å². The lowest BCUT2D eigenvalue weighted by Crippen LogP contribution is -2.60. The summed E-state index contributed by atoms with van der Waals surface area (Å²) in [4.78, 5) is 72.4. The first-order valence-electron chi connectivity index (χ1n) is 19.3. The second-order valence-electron chi connectivity index (χ2n) is 15.9. The molecule has 3 N–H and O–H groups in total. The molecule has 3 rings (SSSR count). The number of nitrogens with zero attached hydrogens (tertiary/aromatic N) is 3. The quantitative estimate of drug-likeness (QED) is 0.192.